The molecule has 0 aliphatic heterocycles. The second-order valence-electron chi connectivity index (χ2n) is 5.33. The number of halogens is 1. The maximum Gasteiger partial charge on any atom is 0.269 e. The smallest absolute Gasteiger partial charge is 0.269 e. The van der Waals surface area contributed by atoms with Crippen LogP contribution in [-0.2, 0) is 0 Å². The lowest BCUT2D eigenvalue weighted by molar-refractivity contribution is -0.384. The Balaban J connectivity index is 2.37. The van der Waals surface area contributed by atoms with Crippen molar-refractivity contribution >= 4 is 23.1 Å². The Morgan fingerprint density at radius 3 is 2.36 bits per heavy atom. The summed E-state index contributed by atoms with van der Waals surface area (Å²) in [6, 6.07) is 15.6. The summed E-state index contributed by atoms with van der Waals surface area (Å²) in [6.07, 6.45) is -0.116. The molecule has 2 rings (SSSR count). The summed E-state index contributed by atoms with van der Waals surface area (Å²) >= 11 is 5.80. The quantitative estimate of drug-likeness (QED) is 0.437. The summed E-state index contributed by atoms with van der Waals surface area (Å²) in [5, 5.41) is 29.9. The van der Waals surface area contributed by atoms with Crippen LogP contribution in [0.4, 0.5) is 5.69 Å². The van der Waals surface area contributed by atoms with E-state index in [1.807, 2.05) is 12.1 Å². The van der Waals surface area contributed by atoms with Crippen LogP contribution in [0.5, 0.6) is 0 Å². The molecule has 1 unspecified atom stereocenters. The predicted molar refractivity (Wildman–Crippen MR) is 91.0 cm³/mol. The molecule has 0 spiro atoms. The molecule has 0 heterocycles. The molecule has 2 aromatic carbocycles. The summed E-state index contributed by atoms with van der Waals surface area (Å²) in [5.41, 5.74) is 0.648. The molecule has 0 aromatic heterocycles. The first-order chi connectivity index (χ1) is 12.0. The van der Waals surface area contributed by atoms with Crippen molar-refractivity contribution in [2.45, 2.75) is 12.3 Å². The number of hydrogen-bond donors (Lipinski definition) is 0. The van der Waals surface area contributed by atoms with Crippen molar-refractivity contribution in [3.63, 3.8) is 0 Å². The number of carbonyl (C=O) groups excluding carboxylic acids is 1. The van der Waals surface area contributed by atoms with Gasteiger partial charge in [-0.15, -0.1) is 0 Å². The SMILES string of the molecule is N#CC(C#N)C(CC(=O)c1ccc(Cl)cc1)c1cccc([N+](=O)[O-])c1. The second-order valence-corrected chi connectivity index (χ2v) is 5.77. The molecule has 2 aromatic rings. The summed E-state index contributed by atoms with van der Waals surface area (Å²) < 4.78 is 0. The van der Waals surface area contributed by atoms with Crippen LogP contribution in [-0.4, -0.2) is 10.7 Å². The minimum Gasteiger partial charge on any atom is -0.294 e. The van der Waals surface area contributed by atoms with E-state index in [9.17, 15) is 25.4 Å². The monoisotopic (exact) mass is 353 g/mol. The Hall–Kier alpha value is -3.22. The van der Waals surface area contributed by atoms with E-state index in [0.717, 1.165) is 0 Å². The van der Waals surface area contributed by atoms with Gasteiger partial charge in [0, 0.05) is 35.1 Å². The third-order valence-electron chi connectivity index (χ3n) is 3.76. The Bertz CT molecular complexity index is 868. The Morgan fingerprint density at radius 2 is 1.80 bits per heavy atom. The predicted octanol–water partition coefficient (Wildman–Crippen LogP) is 4.27. The van der Waals surface area contributed by atoms with E-state index in [1.54, 1.807) is 30.3 Å². The number of benzene rings is 2. The fourth-order valence-corrected chi connectivity index (χ4v) is 2.59. The van der Waals surface area contributed by atoms with Crippen molar-refractivity contribution in [3.05, 3.63) is 74.8 Å². The normalized spacial score (nSPS) is 11.4. The maximum atomic E-state index is 12.5. The molecule has 6 nitrogen and oxygen atoms in total. The molecule has 0 amide bonds. The standard InChI is InChI=1S/C18H12ClN3O3/c19-15-6-4-12(5-7-15)18(23)9-17(14(10-20)11-21)13-2-1-3-16(8-13)22(24)25/h1-8,14,17H,9H2. The first-order valence-electron chi connectivity index (χ1n) is 7.28. The Labute approximate surface area is 149 Å². The number of Topliss-reactive ketones (excluding diaryl/α,β-unsaturated/α-hetero) is 1. The van der Waals surface area contributed by atoms with Crippen molar-refractivity contribution in [2.75, 3.05) is 0 Å². The highest BCUT2D eigenvalue weighted by molar-refractivity contribution is 6.30. The molecule has 0 aliphatic rings. The van der Waals surface area contributed by atoms with E-state index < -0.39 is 16.8 Å². The number of rotatable bonds is 6. The zero-order valence-corrected chi connectivity index (χ0v) is 13.7. The van der Waals surface area contributed by atoms with Crippen LogP contribution in [0.25, 0.3) is 0 Å². The summed E-state index contributed by atoms with van der Waals surface area (Å²) in [5.74, 6) is -2.14. The van der Waals surface area contributed by atoms with Gasteiger partial charge in [0.15, 0.2) is 5.78 Å². The van der Waals surface area contributed by atoms with Crippen molar-refractivity contribution in [1.29, 1.82) is 10.5 Å². The lowest BCUT2D eigenvalue weighted by Gasteiger charge is -2.17. The van der Waals surface area contributed by atoms with Gasteiger partial charge in [0.2, 0.25) is 0 Å². The van der Waals surface area contributed by atoms with E-state index >= 15 is 0 Å². The van der Waals surface area contributed by atoms with Gasteiger partial charge in [-0.25, -0.2) is 0 Å². The molecule has 0 aliphatic carbocycles. The highest BCUT2D eigenvalue weighted by Gasteiger charge is 2.27. The van der Waals surface area contributed by atoms with E-state index in [0.29, 0.717) is 16.1 Å². The number of nitro benzene ring substituents is 1. The number of non-ortho nitro benzene ring substituents is 1. The van der Waals surface area contributed by atoms with Gasteiger partial charge >= 0.3 is 0 Å². The molecular weight excluding hydrogens is 342 g/mol. The molecule has 0 bridgehead atoms. The van der Waals surface area contributed by atoms with Crippen LogP contribution in [0.2, 0.25) is 5.02 Å². The fourth-order valence-electron chi connectivity index (χ4n) is 2.46. The summed E-state index contributed by atoms with van der Waals surface area (Å²) in [4.78, 5) is 22.9. The average Bonchev–Trinajstić information content (AvgIpc) is 2.62. The van der Waals surface area contributed by atoms with Crippen LogP contribution < -0.4 is 0 Å². The van der Waals surface area contributed by atoms with Gasteiger partial charge in [0.1, 0.15) is 5.92 Å². The number of ketones is 1. The number of hydrogen-bond acceptors (Lipinski definition) is 5. The van der Waals surface area contributed by atoms with Crippen LogP contribution in [0.15, 0.2) is 48.5 Å². The topological polar surface area (TPSA) is 108 Å². The fraction of sp³-hybridized carbons (Fsp3) is 0.167. The van der Waals surface area contributed by atoms with Crippen molar-refractivity contribution in [3.8, 4) is 12.1 Å². The average molecular weight is 354 g/mol. The van der Waals surface area contributed by atoms with E-state index in [4.69, 9.17) is 11.6 Å². The maximum absolute atomic E-state index is 12.5. The van der Waals surface area contributed by atoms with Crippen LogP contribution >= 0.6 is 11.6 Å². The summed E-state index contributed by atoms with van der Waals surface area (Å²) in [6.45, 7) is 0. The molecule has 124 valence electrons. The number of nitrogens with zero attached hydrogens (tertiary/aromatic N) is 3. The summed E-state index contributed by atoms with van der Waals surface area (Å²) in [7, 11) is 0. The third kappa shape index (κ3) is 4.41. The zero-order valence-electron chi connectivity index (χ0n) is 12.9. The van der Waals surface area contributed by atoms with Crippen molar-refractivity contribution in [2.24, 2.45) is 5.92 Å². The lowest BCUT2D eigenvalue weighted by Crippen LogP contribution is -2.15. The minimum atomic E-state index is -1.10. The Morgan fingerprint density at radius 1 is 1.16 bits per heavy atom. The van der Waals surface area contributed by atoms with Gasteiger partial charge in [-0.2, -0.15) is 10.5 Å². The largest absolute Gasteiger partial charge is 0.294 e. The van der Waals surface area contributed by atoms with Gasteiger partial charge in [-0.3, -0.25) is 14.9 Å². The molecule has 0 saturated heterocycles. The highest BCUT2D eigenvalue weighted by atomic mass is 35.5. The van der Waals surface area contributed by atoms with E-state index in [2.05, 4.69) is 0 Å². The van der Waals surface area contributed by atoms with Crippen LogP contribution in [0.1, 0.15) is 28.3 Å². The molecule has 0 radical (unpaired) electrons. The minimum absolute atomic E-state index is 0.116. The third-order valence-corrected chi connectivity index (χ3v) is 4.01. The molecular formula is C18H12ClN3O3. The van der Waals surface area contributed by atoms with E-state index in [1.165, 1.54) is 18.2 Å². The number of nitriles is 2. The molecule has 0 fully saturated rings. The van der Waals surface area contributed by atoms with Gasteiger partial charge < -0.3 is 0 Å². The van der Waals surface area contributed by atoms with Gasteiger partial charge in [0.05, 0.1) is 17.1 Å². The van der Waals surface area contributed by atoms with Gasteiger partial charge in [0.25, 0.3) is 5.69 Å². The number of nitro groups is 1. The lowest BCUT2D eigenvalue weighted by atomic mass is 9.82. The zero-order chi connectivity index (χ0) is 18.4. The van der Waals surface area contributed by atoms with E-state index in [-0.39, 0.29) is 17.9 Å². The van der Waals surface area contributed by atoms with Crippen molar-refractivity contribution in [1.82, 2.24) is 0 Å². The van der Waals surface area contributed by atoms with Crippen LogP contribution in [0.3, 0.4) is 0 Å². The molecule has 0 saturated carbocycles. The second kappa shape index (κ2) is 8.05. The molecule has 0 N–H and O–H groups in total. The highest BCUT2D eigenvalue weighted by Crippen LogP contribution is 2.31. The van der Waals surface area contributed by atoms with Crippen molar-refractivity contribution < 1.29 is 9.72 Å². The molecule has 25 heavy (non-hydrogen) atoms. The van der Waals surface area contributed by atoms with Crippen LogP contribution in [0, 0.1) is 38.7 Å². The van der Waals surface area contributed by atoms with Gasteiger partial charge in [-0.1, -0.05) is 23.7 Å². The molecule has 1 atom stereocenters. The first-order valence-corrected chi connectivity index (χ1v) is 7.66. The Kier molecular flexibility index (Phi) is 5.84. The number of carbonyl (C=O) groups is 1. The van der Waals surface area contributed by atoms with Gasteiger partial charge in [-0.05, 0) is 29.8 Å². The first kappa shape index (κ1) is 18.1. The molecule has 7 heteroatoms.